The van der Waals surface area contributed by atoms with E-state index in [0.29, 0.717) is 5.71 Å². The van der Waals surface area contributed by atoms with E-state index in [1.165, 1.54) is 0 Å². The Labute approximate surface area is 118 Å². The Balaban J connectivity index is 2.60. The van der Waals surface area contributed by atoms with Crippen molar-refractivity contribution < 1.29 is 4.79 Å². The van der Waals surface area contributed by atoms with Crippen LogP contribution >= 0.6 is 12.2 Å². The number of nitrogens with zero attached hydrogens (tertiary/aromatic N) is 1. The van der Waals surface area contributed by atoms with Crippen molar-refractivity contribution in [2.45, 2.75) is 27.2 Å². The van der Waals surface area contributed by atoms with E-state index in [1.54, 1.807) is 6.92 Å². The van der Waals surface area contributed by atoms with E-state index >= 15 is 0 Å². The molecular weight excluding hydrogens is 260 g/mol. The lowest BCUT2D eigenvalue weighted by Gasteiger charge is -2.09. The molecule has 1 amide bonds. The number of nitrogens with two attached hydrogens (primary N) is 1. The minimum atomic E-state index is -0.127. The summed E-state index contributed by atoms with van der Waals surface area (Å²) in [6.45, 7) is 5.70. The molecule has 19 heavy (non-hydrogen) atoms. The van der Waals surface area contributed by atoms with Gasteiger partial charge in [0.05, 0.1) is 6.42 Å². The number of hydrogen-bond donors (Lipinski definition) is 3. The van der Waals surface area contributed by atoms with Gasteiger partial charge in [0, 0.05) is 11.4 Å². The van der Waals surface area contributed by atoms with Gasteiger partial charge in [-0.25, -0.2) is 0 Å². The third kappa shape index (κ3) is 5.48. The first-order valence-electron chi connectivity index (χ1n) is 5.84. The molecule has 1 aromatic rings. The van der Waals surface area contributed by atoms with Gasteiger partial charge in [-0.3, -0.25) is 10.2 Å². The Morgan fingerprint density at radius 2 is 2.11 bits per heavy atom. The summed E-state index contributed by atoms with van der Waals surface area (Å²) in [5.74, 6) is -0.127. The van der Waals surface area contributed by atoms with Crippen LogP contribution < -0.4 is 16.5 Å². The zero-order valence-electron chi connectivity index (χ0n) is 11.3. The fourth-order valence-corrected chi connectivity index (χ4v) is 1.62. The highest BCUT2D eigenvalue weighted by Crippen LogP contribution is 2.16. The van der Waals surface area contributed by atoms with Gasteiger partial charge in [0.25, 0.3) is 0 Å². The van der Waals surface area contributed by atoms with E-state index in [9.17, 15) is 4.79 Å². The fraction of sp³-hybridized carbons (Fsp3) is 0.308. The Morgan fingerprint density at radius 3 is 2.68 bits per heavy atom. The molecule has 0 heterocycles. The largest absolute Gasteiger partial charge is 0.375 e. The highest BCUT2D eigenvalue weighted by Gasteiger charge is 2.06. The van der Waals surface area contributed by atoms with Gasteiger partial charge in [-0.05, 0) is 44.6 Å². The number of nitrogens with one attached hydrogen (secondary N) is 2. The third-order valence-electron chi connectivity index (χ3n) is 2.43. The first-order valence-corrected chi connectivity index (χ1v) is 6.25. The van der Waals surface area contributed by atoms with Gasteiger partial charge < -0.3 is 11.1 Å². The van der Waals surface area contributed by atoms with Crippen LogP contribution in [0.5, 0.6) is 0 Å². The van der Waals surface area contributed by atoms with E-state index in [4.69, 9.17) is 5.73 Å². The van der Waals surface area contributed by atoms with Gasteiger partial charge in [0.2, 0.25) is 5.91 Å². The zero-order valence-corrected chi connectivity index (χ0v) is 12.1. The van der Waals surface area contributed by atoms with E-state index in [1.807, 2.05) is 32.0 Å². The predicted octanol–water partition coefficient (Wildman–Crippen LogP) is 1.84. The van der Waals surface area contributed by atoms with E-state index in [-0.39, 0.29) is 17.4 Å². The Morgan fingerprint density at radius 1 is 1.42 bits per heavy atom. The zero-order chi connectivity index (χ0) is 14.4. The summed E-state index contributed by atoms with van der Waals surface area (Å²) in [5.41, 5.74) is 11.3. The molecule has 1 aromatic carbocycles. The lowest BCUT2D eigenvalue weighted by molar-refractivity contribution is -0.115. The summed E-state index contributed by atoms with van der Waals surface area (Å²) in [5, 5.41) is 6.80. The van der Waals surface area contributed by atoms with Gasteiger partial charge in [0.15, 0.2) is 5.11 Å². The monoisotopic (exact) mass is 278 g/mol. The molecule has 1 rings (SSSR count). The van der Waals surface area contributed by atoms with Gasteiger partial charge in [-0.2, -0.15) is 5.10 Å². The third-order valence-corrected chi connectivity index (χ3v) is 2.52. The molecule has 102 valence electrons. The minimum Gasteiger partial charge on any atom is -0.375 e. The van der Waals surface area contributed by atoms with Crippen LogP contribution in [0.4, 0.5) is 5.69 Å². The molecule has 0 aliphatic rings. The number of hydrogen-bond acceptors (Lipinski definition) is 3. The maximum Gasteiger partial charge on any atom is 0.230 e. The van der Waals surface area contributed by atoms with Crippen LogP contribution in [0.1, 0.15) is 24.5 Å². The number of anilines is 1. The van der Waals surface area contributed by atoms with E-state index in [2.05, 4.69) is 28.1 Å². The Kier molecular flexibility index (Phi) is 5.44. The molecule has 0 bridgehead atoms. The topological polar surface area (TPSA) is 79.5 Å². The van der Waals surface area contributed by atoms with Crippen molar-refractivity contribution >= 4 is 34.6 Å². The highest BCUT2D eigenvalue weighted by atomic mass is 32.1. The second-order valence-corrected chi connectivity index (χ2v) is 4.81. The molecule has 0 saturated heterocycles. The van der Waals surface area contributed by atoms with Crippen molar-refractivity contribution in [2.24, 2.45) is 10.8 Å². The number of benzene rings is 1. The van der Waals surface area contributed by atoms with Gasteiger partial charge in [-0.15, -0.1) is 0 Å². The van der Waals surface area contributed by atoms with Crippen molar-refractivity contribution in [3.8, 4) is 0 Å². The highest BCUT2D eigenvalue weighted by molar-refractivity contribution is 7.80. The molecule has 0 aromatic heterocycles. The Hall–Kier alpha value is -1.95. The first-order chi connectivity index (χ1) is 8.88. The molecule has 0 saturated carbocycles. The lowest BCUT2D eigenvalue weighted by atomic mass is 10.1. The SMILES string of the molecule is C/C(CC(=O)Nc1ccc(C)cc1C)=N/NC(N)=S. The average Bonchev–Trinajstić information content (AvgIpc) is 2.30. The molecule has 0 fully saturated rings. The molecular formula is C13H18N4OS. The maximum atomic E-state index is 11.8. The summed E-state index contributed by atoms with van der Waals surface area (Å²) >= 11 is 4.62. The molecule has 0 atom stereocenters. The number of aryl methyl sites for hydroxylation is 2. The average molecular weight is 278 g/mol. The first kappa shape index (κ1) is 15.1. The number of thiocarbonyl (C=S) groups is 1. The quantitative estimate of drug-likeness (QED) is 0.446. The number of amides is 1. The summed E-state index contributed by atoms with van der Waals surface area (Å²) in [6.07, 6.45) is 0.183. The molecule has 0 aliphatic carbocycles. The number of carbonyl (C=O) groups is 1. The van der Waals surface area contributed by atoms with Crippen LogP contribution in [-0.2, 0) is 4.79 Å². The van der Waals surface area contributed by atoms with Gasteiger partial charge >= 0.3 is 0 Å². The minimum absolute atomic E-state index is 0.0779. The van der Waals surface area contributed by atoms with Crippen molar-refractivity contribution in [3.05, 3.63) is 29.3 Å². The standard InChI is InChI=1S/C13H18N4OS/c1-8-4-5-11(9(2)6-8)15-12(18)7-10(3)16-17-13(14)19/h4-6H,7H2,1-3H3,(H,15,18)(H3,14,17,19)/b16-10-. The van der Waals surface area contributed by atoms with Crippen molar-refractivity contribution in [2.75, 3.05) is 5.32 Å². The molecule has 0 radical (unpaired) electrons. The molecule has 5 nitrogen and oxygen atoms in total. The van der Waals surface area contributed by atoms with Gasteiger partial charge in [-0.1, -0.05) is 17.7 Å². The van der Waals surface area contributed by atoms with Crippen molar-refractivity contribution in [1.29, 1.82) is 0 Å². The predicted molar refractivity (Wildman–Crippen MR) is 82.2 cm³/mol. The van der Waals surface area contributed by atoms with Crippen LogP contribution in [0.3, 0.4) is 0 Å². The van der Waals surface area contributed by atoms with Crippen LogP contribution in [0, 0.1) is 13.8 Å². The second-order valence-electron chi connectivity index (χ2n) is 4.37. The van der Waals surface area contributed by atoms with E-state index in [0.717, 1.165) is 16.8 Å². The second kappa shape index (κ2) is 6.84. The summed E-state index contributed by atoms with van der Waals surface area (Å²) in [6, 6.07) is 5.87. The number of hydrazone groups is 1. The van der Waals surface area contributed by atoms with Crippen molar-refractivity contribution in [1.82, 2.24) is 5.43 Å². The lowest BCUT2D eigenvalue weighted by Crippen LogP contribution is -2.26. The van der Waals surface area contributed by atoms with Crippen molar-refractivity contribution in [3.63, 3.8) is 0 Å². The van der Waals surface area contributed by atoms with E-state index < -0.39 is 0 Å². The summed E-state index contributed by atoms with van der Waals surface area (Å²) in [7, 11) is 0. The van der Waals surface area contributed by atoms with Crippen LogP contribution in [0.2, 0.25) is 0 Å². The molecule has 6 heteroatoms. The van der Waals surface area contributed by atoms with Gasteiger partial charge in [0.1, 0.15) is 0 Å². The smallest absolute Gasteiger partial charge is 0.230 e. The van der Waals surface area contributed by atoms with Crippen LogP contribution in [-0.4, -0.2) is 16.7 Å². The van der Waals surface area contributed by atoms with Crippen LogP contribution in [0.25, 0.3) is 0 Å². The molecule has 4 N–H and O–H groups in total. The number of rotatable bonds is 4. The van der Waals surface area contributed by atoms with Crippen LogP contribution in [0.15, 0.2) is 23.3 Å². The Bertz CT molecular complexity index is 525. The fourth-order valence-electron chi connectivity index (χ4n) is 1.57. The summed E-state index contributed by atoms with van der Waals surface area (Å²) < 4.78 is 0. The normalized spacial score (nSPS) is 11.0. The molecule has 0 spiro atoms. The molecule has 0 aliphatic heterocycles. The summed E-state index contributed by atoms with van der Waals surface area (Å²) in [4.78, 5) is 11.8. The number of carbonyl (C=O) groups excluding carboxylic acids is 1. The molecule has 0 unspecified atom stereocenters. The maximum absolute atomic E-state index is 11.8.